The van der Waals surface area contributed by atoms with Crippen molar-refractivity contribution in [2.45, 2.75) is 57.7 Å². The first-order valence-electron chi connectivity index (χ1n) is 11.6. The van der Waals surface area contributed by atoms with Crippen LogP contribution in [0.15, 0.2) is 96.6 Å². The molecular formula is C30H32O3. The molecule has 0 aromatic heterocycles. The summed E-state index contributed by atoms with van der Waals surface area (Å²) in [6, 6.07) is 30.5. The molecule has 3 rings (SSSR count). The van der Waals surface area contributed by atoms with Crippen LogP contribution in [0.5, 0.6) is 0 Å². The van der Waals surface area contributed by atoms with Crippen molar-refractivity contribution in [3.8, 4) is 0 Å². The molecule has 0 aliphatic rings. The minimum atomic E-state index is -0.883. The molecule has 170 valence electrons. The van der Waals surface area contributed by atoms with Crippen molar-refractivity contribution in [3.05, 3.63) is 113 Å². The number of ketones is 1. The second-order valence-electron chi connectivity index (χ2n) is 8.47. The highest BCUT2D eigenvalue weighted by atomic mass is 16.5. The van der Waals surface area contributed by atoms with Gasteiger partial charge in [0, 0.05) is 12.0 Å². The Kier molecular flexibility index (Phi) is 8.95. The second-order valence-corrected chi connectivity index (χ2v) is 8.47. The van der Waals surface area contributed by atoms with Gasteiger partial charge >= 0.3 is 0 Å². The Morgan fingerprint density at radius 2 is 1.21 bits per heavy atom. The van der Waals surface area contributed by atoms with Crippen molar-refractivity contribution in [3.63, 3.8) is 0 Å². The minimum absolute atomic E-state index is 0.211. The first-order chi connectivity index (χ1) is 16.1. The first kappa shape index (κ1) is 24.4. The quantitative estimate of drug-likeness (QED) is 0.179. The van der Waals surface area contributed by atoms with E-state index in [1.165, 1.54) is 0 Å². The van der Waals surface area contributed by atoms with E-state index in [9.17, 15) is 9.59 Å². The summed E-state index contributed by atoms with van der Waals surface area (Å²) in [7, 11) is 0. The van der Waals surface area contributed by atoms with Crippen LogP contribution in [0.25, 0.3) is 0 Å². The Balaban J connectivity index is 2.06. The lowest BCUT2D eigenvalue weighted by molar-refractivity contribution is -0.117. The zero-order chi connectivity index (χ0) is 23.5. The highest BCUT2D eigenvalue weighted by Crippen LogP contribution is 2.42. The lowest BCUT2D eigenvalue weighted by Crippen LogP contribution is -2.37. The molecule has 0 N–H and O–H groups in total. The van der Waals surface area contributed by atoms with Gasteiger partial charge < -0.3 is 9.53 Å². The SMILES string of the molecule is CC(=O)CCCCCC(OC(c1ccccc1)(c1ccccc1)c1ccccc1)C(C)=C=O. The predicted octanol–water partition coefficient (Wildman–Crippen LogP) is 6.68. The molecule has 0 amide bonds. The molecule has 33 heavy (non-hydrogen) atoms. The average molecular weight is 441 g/mol. The van der Waals surface area contributed by atoms with Gasteiger partial charge in [-0.25, -0.2) is 4.79 Å². The fourth-order valence-electron chi connectivity index (χ4n) is 4.25. The molecule has 0 spiro atoms. The normalized spacial score (nSPS) is 12.1. The predicted molar refractivity (Wildman–Crippen MR) is 133 cm³/mol. The number of benzene rings is 3. The van der Waals surface area contributed by atoms with E-state index in [-0.39, 0.29) is 5.78 Å². The van der Waals surface area contributed by atoms with Gasteiger partial charge in [-0.2, -0.15) is 0 Å². The van der Waals surface area contributed by atoms with Crippen LogP contribution < -0.4 is 0 Å². The fraction of sp³-hybridized carbons (Fsp3) is 0.300. The molecule has 0 bridgehead atoms. The molecule has 1 unspecified atom stereocenters. The van der Waals surface area contributed by atoms with Crippen molar-refractivity contribution >= 4 is 11.7 Å². The lowest BCUT2D eigenvalue weighted by atomic mass is 9.79. The molecule has 3 nitrogen and oxygen atoms in total. The number of carbonyl (C=O) groups excluding carboxylic acids is 2. The molecule has 0 heterocycles. The van der Waals surface area contributed by atoms with Gasteiger partial charge in [-0.3, -0.25) is 0 Å². The number of Topliss-reactive ketones (excluding diaryl/α,β-unsaturated/α-hetero) is 1. The van der Waals surface area contributed by atoms with Crippen molar-refractivity contribution in [2.24, 2.45) is 0 Å². The van der Waals surface area contributed by atoms with Crippen LogP contribution in [-0.4, -0.2) is 17.8 Å². The highest BCUT2D eigenvalue weighted by Gasteiger charge is 2.40. The summed E-state index contributed by atoms with van der Waals surface area (Å²) in [5, 5.41) is 0. The van der Waals surface area contributed by atoms with E-state index < -0.39 is 11.7 Å². The smallest absolute Gasteiger partial charge is 0.144 e. The van der Waals surface area contributed by atoms with E-state index in [1.54, 1.807) is 13.8 Å². The molecular weight excluding hydrogens is 408 g/mol. The van der Waals surface area contributed by atoms with Gasteiger partial charge in [0.2, 0.25) is 0 Å². The van der Waals surface area contributed by atoms with Crippen LogP contribution >= 0.6 is 0 Å². The standard InChI is InChI=1S/C30H32O3/c1-24(23-31)29(22-14-3-7-15-25(2)32)33-30(26-16-8-4-9-17-26,27-18-10-5-11-19-27)28-20-12-6-13-21-28/h4-6,8-13,16-21,29H,3,7,14-15,22H2,1-2H3. The molecule has 0 saturated heterocycles. The van der Waals surface area contributed by atoms with Crippen LogP contribution in [0.4, 0.5) is 0 Å². The number of hydrogen-bond acceptors (Lipinski definition) is 3. The zero-order valence-electron chi connectivity index (χ0n) is 19.5. The van der Waals surface area contributed by atoms with Crippen molar-refractivity contribution in [2.75, 3.05) is 0 Å². The van der Waals surface area contributed by atoms with E-state index in [0.29, 0.717) is 18.4 Å². The Bertz CT molecular complexity index is 955. The van der Waals surface area contributed by atoms with E-state index in [4.69, 9.17) is 4.74 Å². The molecule has 0 saturated carbocycles. The van der Waals surface area contributed by atoms with Crippen LogP contribution in [0.1, 0.15) is 62.6 Å². The van der Waals surface area contributed by atoms with Gasteiger partial charge in [0.15, 0.2) is 0 Å². The zero-order valence-corrected chi connectivity index (χ0v) is 19.5. The van der Waals surface area contributed by atoms with Gasteiger partial charge in [0.25, 0.3) is 0 Å². The number of unbranched alkanes of at least 4 members (excludes halogenated alkanes) is 2. The highest BCUT2D eigenvalue weighted by molar-refractivity contribution is 5.75. The summed E-state index contributed by atoms with van der Waals surface area (Å²) in [5.41, 5.74) is 2.67. The van der Waals surface area contributed by atoms with E-state index in [1.807, 2.05) is 54.6 Å². The summed E-state index contributed by atoms with van der Waals surface area (Å²) < 4.78 is 7.01. The third kappa shape index (κ3) is 6.16. The van der Waals surface area contributed by atoms with Crippen molar-refractivity contribution in [1.29, 1.82) is 0 Å². The molecule has 0 fully saturated rings. The van der Waals surface area contributed by atoms with Crippen molar-refractivity contribution < 1.29 is 14.3 Å². The summed E-state index contributed by atoms with van der Waals surface area (Å²) in [4.78, 5) is 23.0. The largest absolute Gasteiger partial charge is 0.353 e. The van der Waals surface area contributed by atoms with Crippen LogP contribution in [-0.2, 0) is 19.9 Å². The van der Waals surface area contributed by atoms with Crippen LogP contribution in [0.3, 0.4) is 0 Å². The lowest BCUT2D eigenvalue weighted by Gasteiger charge is -2.39. The number of carbonyl (C=O) groups is 1. The number of ether oxygens (including phenoxy) is 1. The average Bonchev–Trinajstić information content (AvgIpc) is 2.87. The van der Waals surface area contributed by atoms with Gasteiger partial charge in [0.05, 0.1) is 6.10 Å². The summed E-state index contributed by atoms with van der Waals surface area (Å²) >= 11 is 0. The molecule has 0 radical (unpaired) electrons. The van der Waals surface area contributed by atoms with Crippen LogP contribution in [0.2, 0.25) is 0 Å². The third-order valence-electron chi connectivity index (χ3n) is 6.00. The molecule has 1 atom stereocenters. The Morgan fingerprint density at radius 1 is 0.758 bits per heavy atom. The molecule has 0 aliphatic carbocycles. The van der Waals surface area contributed by atoms with Gasteiger partial charge in [-0.15, -0.1) is 0 Å². The maximum absolute atomic E-state index is 11.7. The summed E-state index contributed by atoms with van der Waals surface area (Å²) in [5.74, 6) is 2.30. The molecule has 3 heteroatoms. The van der Waals surface area contributed by atoms with E-state index >= 15 is 0 Å². The maximum atomic E-state index is 11.7. The topological polar surface area (TPSA) is 43.4 Å². The minimum Gasteiger partial charge on any atom is -0.353 e. The van der Waals surface area contributed by atoms with Gasteiger partial charge in [-0.05, 0) is 43.4 Å². The van der Waals surface area contributed by atoms with Gasteiger partial charge in [0.1, 0.15) is 17.3 Å². The summed E-state index contributed by atoms with van der Waals surface area (Å²) in [6.07, 6.45) is 3.52. The van der Waals surface area contributed by atoms with Gasteiger partial charge in [-0.1, -0.05) is 104 Å². The first-order valence-corrected chi connectivity index (χ1v) is 11.6. The Morgan fingerprint density at radius 3 is 1.61 bits per heavy atom. The molecule has 3 aromatic rings. The summed E-state index contributed by atoms with van der Waals surface area (Å²) in [6.45, 7) is 3.41. The number of rotatable bonds is 12. The number of hydrogen-bond donors (Lipinski definition) is 0. The Labute approximate surface area is 197 Å². The van der Waals surface area contributed by atoms with E-state index in [2.05, 4.69) is 42.3 Å². The van der Waals surface area contributed by atoms with E-state index in [0.717, 1.165) is 36.0 Å². The molecule has 3 aromatic carbocycles. The fourth-order valence-corrected chi connectivity index (χ4v) is 4.25. The maximum Gasteiger partial charge on any atom is 0.144 e. The van der Waals surface area contributed by atoms with Crippen LogP contribution in [0, 0.1) is 0 Å². The third-order valence-corrected chi connectivity index (χ3v) is 6.00. The Hall–Kier alpha value is -3.26. The molecule has 0 aliphatic heterocycles. The van der Waals surface area contributed by atoms with Crippen molar-refractivity contribution in [1.82, 2.24) is 0 Å². The second kappa shape index (κ2) is 12.1. The monoisotopic (exact) mass is 440 g/mol.